The van der Waals surface area contributed by atoms with Gasteiger partial charge in [-0.3, -0.25) is 4.90 Å². The van der Waals surface area contributed by atoms with Crippen molar-refractivity contribution in [1.82, 2.24) is 4.90 Å². The monoisotopic (exact) mass is 358 g/mol. The Morgan fingerprint density at radius 2 is 1.86 bits per heavy atom. The third-order valence-corrected chi connectivity index (χ3v) is 4.36. The second-order valence-corrected chi connectivity index (χ2v) is 7.81. The van der Waals surface area contributed by atoms with Gasteiger partial charge < -0.3 is 10.5 Å². The Balaban J connectivity index is 2.29. The number of benzene rings is 1. The van der Waals surface area contributed by atoms with E-state index in [1.165, 1.54) is 0 Å². The van der Waals surface area contributed by atoms with E-state index in [-0.39, 0.29) is 23.1 Å². The molecule has 1 atom stereocenters. The highest BCUT2D eigenvalue weighted by Crippen LogP contribution is 2.33. The highest BCUT2D eigenvalue weighted by Gasteiger charge is 2.40. The van der Waals surface area contributed by atoms with E-state index in [1.807, 2.05) is 6.07 Å². The summed E-state index contributed by atoms with van der Waals surface area (Å²) in [6.45, 7) is 10.3. The van der Waals surface area contributed by atoms with Crippen molar-refractivity contribution in [2.75, 3.05) is 19.6 Å². The van der Waals surface area contributed by atoms with Gasteiger partial charge in [-0.25, -0.2) is 4.39 Å². The summed E-state index contributed by atoms with van der Waals surface area (Å²) in [5.41, 5.74) is 6.40. The molecule has 21 heavy (non-hydrogen) atoms. The molecule has 0 radical (unpaired) electrons. The molecule has 2 rings (SSSR count). The van der Waals surface area contributed by atoms with Gasteiger partial charge in [0.2, 0.25) is 0 Å². The van der Waals surface area contributed by atoms with Gasteiger partial charge in [0.15, 0.2) is 0 Å². The van der Waals surface area contributed by atoms with Crippen molar-refractivity contribution in [3.63, 3.8) is 0 Å². The zero-order valence-electron chi connectivity index (χ0n) is 13.1. The molecule has 5 heteroatoms. The van der Waals surface area contributed by atoms with E-state index >= 15 is 0 Å². The fourth-order valence-electron chi connectivity index (χ4n) is 3.28. The molecule has 1 unspecified atom stereocenters. The van der Waals surface area contributed by atoms with Crippen molar-refractivity contribution < 1.29 is 9.13 Å². The zero-order valence-corrected chi connectivity index (χ0v) is 14.7. The molecule has 0 spiro atoms. The molecule has 118 valence electrons. The lowest BCUT2D eigenvalue weighted by Crippen LogP contribution is -2.58. The minimum absolute atomic E-state index is 0.00458. The molecule has 1 fully saturated rings. The quantitative estimate of drug-likeness (QED) is 0.898. The van der Waals surface area contributed by atoms with Gasteiger partial charge in [-0.2, -0.15) is 0 Å². The van der Waals surface area contributed by atoms with E-state index in [9.17, 15) is 4.39 Å². The van der Waals surface area contributed by atoms with Gasteiger partial charge in [0.25, 0.3) is 0 Å². The molecule has 1 aromatic carbocycles. The van der Waals surface area contributed by atoms with Crippen LogP contribution in [0.25, 0.3) is 0 Å². The van der Waals surface area contributed by atoms with E-state index in [0.29, 0.717) is 11.0 Å². The van der Waals surface area contributed by atoms with E-state index in [1.54, 1.807) is 12.1 Å². The smallest absolute Gasteiger partial charge is 0.137 e. The number of halogens is 2. The average molecular weight is 359 g/mol. The first-order valence-electron chi connectivity index (χ1n) is 7.23. The Bertz CT molecular complexity index is 503. The Morgan fingerprint density at radius 3 is 2.33 bits per heavy atom. The predicted molar refractivity (Wildman–Crippen MR) is 86.7 cm³/mol. The molecule has 1 aliphatic heterocycles. The first kappa shape index (κ1) is 16.9. The normalized spacial score (nSPS) is 23.0. The number of hydrogen-bond donors (Lipinski definition) is 1. The molecule has 1 aromatic rings. The van der Waals surface area contributed by atoms with Crippen molar-refractivity contribution >= 4 is 15.9 Å². The van der Waals surface area contributed by atoms with E-state index in [4.69, 9.17) is 10.5 Å². The highest BCUT2D eigenvalue weighted by atomic mass is 79.9. The van der Waals surface area contributed by atoms with E-state index < -0.39 is 0 Å². The van der Waals surface area contributed by atoms with Gasteiger partial charge >= 0.3 is 0 Å². The molecule has 2 N–H and O–H groups in total. The lowest BCUT2D eigenvalue weighted by atomic mass is 9.95. The van der Waals surface area contributed by atoms with E-state index in [0.717, 1.165) is 18.7 Å². The topological polar surface area (TPSA) is 38.5 Å². The van der Waals surface area contributed by atoms with Crippen LogP contribution in [0.2, 0.25) is 0 Å². The maximum atomic E-state index is 13.8. The van der Waals surface area contributed by atoms with Gasteiger partial charge in [-0.1, -0.05) is 6.07 Å². The Labute approximate surface area is 134 Å². The fourth-order valence-corrected chi connectivity index (χ4v) is 3.53. The second-order valence-electron chi connectivity index (χ2n) is 6.95. The number of hydrogen-bond acceptors (Lipinski definition) is 3. The van der Waals surface area contributed by atoms with Crippen molar-refractivity contribution in [1.29, 1.82) is 0 Å². The van der Waals surface area contributed by atoms with Crippen LogP contribution in [0.3, 0.4) is 0 Å². The van der Waals surface area contributed by atoms with Crippen molar-refractivity contribution in [2.24, 2.45) is 5.73 Å². The van der Waals surface area contributed by atoms with Gasteiger partial charge in [0, 0.05) is 25.7 Å². The zero-order chi connectivity index (χ0) is 15.8. The summed E-state index contributed by atoms with van der Waals surface area (Å²) in [6.07, 6.45) is 0. The second kappa shape index (κ2) is 5.95. The molecular weight excluding hydrogens is 335 g/mol. The lowest BCUT2D eigenvalue weighted by molar-refractivity contribution is -0.187. The molecule has 1 aliphatic rings. The predicted octanol–water partition coefficient (Wildman–Crippen LogP) is 3.48. The number of morpholine rings is 1. The third kappa shape index (κ3) is 4.03. The van der Waals surface area contributed by atoms with Crippen LogP contribution in [0.5, 0.6) is 0 Å². The summed E-state index contributed by atoms with van der Waals surface area (Å²) in [5, 5.41) is 0. The molecule has 3 nitrogen and oxygen atoms in total. The van der Waals surface area contributed by atoms with Gasteiger partial charge in [0.1, 0.15) is 5.82 Å². The van der Waals surface area contributed by atoms with Crippen LogP contribution in [0.1, 0.15) is 39.3 Å². The summed E-state index contributed by atoms with van der Waals surface area (Å²) < 4.78 is 20.4. The van der Waals surface area contributed by atoms with Crippen LogP contribution in [0.4, 0.5) is 4.39 Å². The Kier molecular flexibility index (Phi) is 4.78. The minimum atomic E-state index is -0.252. The molecule has 0 saturated carbocycles. The third-order valence-electron chi connectivity index (χ3n) is 3.71. The van der Waals surface area contributed by atoms with Crippen LogP contribution in [-0.2, 0) is 4.74 Å². The molecule has 1 heterocycles. The summed E-state index contributed by atoms with van der Waals surface area (Å²) in [5.74, 6) is -0.252. The van der Waals surface area contributed by atoms with Crippen molar-refractivity contribution in [3.8, 4) is 0 Å². The Morgan fingerprint density at radius 1 is 1.29 bits per heavy atom. The molecule has 0 bridgehead atoms. The van der Waals surface area contributed by atoms with Crippen LogP contribution in [-0.4, -0.2) is 35.7 Å². The van der Waals surface area contributed by atoms with Gasteiger partial charge in [-0.15, -0.1) is 0 Å². The van der Waals surface area contributed by atoms with Crippen molar-refractivity contribution in [2.45, 2.75) is 44.9 Å². The van der Waals surface area contributed by atoms with Crippen LogP contribution in [0, 0.1) is 5.82 Å². The maximum absolute atomic E-state index is 13.8. The van der Waals surface area contributed by atoms with Crippen LogP contribution >= 0.6 is 15.9 Å². The SMILES string of the molecule is CC1(C)CN(C(CN)c2ccc(Br)c(F)c2)CC(C)(C)O1. The maximum Gasteiger partial charge on any atom is 0.137 e. The minimum Gasteiger partial charge on any atom is -0.367 e. The number of nitrogens with zero attached hydrogens (tertiary/aromatic N) is 1. The Hall–Kier alpha value is -0.490. The van der Waals surface area contributed by atoms with Crippen LogP contribution in [0.15, 0.2) is 22.7 Å². The first-order chi connectivity index (χ1) is 9.63. The summed E-state index contributed by atoms with van der Waals surface area (Å²) in [7, 11) is 0. The fraction of sp³-hybridized carbons (Fsp3) is 0.625. The largest absolute Gasteiger partial charge is 0.367 e. The van der Waals surface area contributed by atoms with E-state index in [2.05, 4.69) is 48.5 Å². The highest BCUT2D eigenvalue weighted by molar-refractivity contribution is 9.10. The van der Waals surface area contributed by atoms with Gasteiger partial charge in [-0.05, 0) is 61.3 Å². The molecule has 0 amide bonds. The average Bonchev–Trinajstić information content (AvgIpc) is 2.30. The summed E-state index contributed by atoms with van der Waals surface area (Å²) in [4.78, 5) is 2.30. The lowest BCUT2D eigenvalue weighted by Gasteiger charge is -2.49. The van der Waals surface area contributed by atoms with Crippen molar-refractivity contribution in [3.05, 3.63) is 34.1 Å². The molecule has 0 aromatic heterocycles. The molecule has 1 saturated heterocycles. The molecule has 0 aliphatic carbocycles. The van der Waals surface area contributed by atoms with Crippen LogP contribution < -0.4 is 5.73 Å². The summed E-state index contributed by atoms with van der Waals surface area (Å²) in [6, 6.07) is 5.23. The molecular formula is C16H24BrFN2O. The van der Waals surface area contributed by atoms with Gasteiger partial charge in [0.05, 0.1) is 15.7 Å². The number of ether oxygens (including phenoxy) is 1. The number of rotatable bonds is 3. The summed E-state index contributed by atoms with van der Waals surface area (Å²) >= 11 is 3.19. The first-order valence-corrected chi connectivity index (χ1v) is 8.02. The standard InChI is InChI=1S/C16H24BrFN2O/c1-15(2)9-20(10-16(3,4)21-15)14(8-19)11-5-6-12(17)13(18)7-11/h5-7,14H,8-10,19H2,1-4H3. The number of nitrogens with two attached hydrogens (primary N) is 1.